The van der Waals surface area contributed by atoms with Crippen molar-refractivity contribution in [1.29, 1.82) is 5.26 Å². The van der Waals surface area contributed by atoms with Gasteiger partial charge in [-0.05, 0) is 25.0 Å². The van der Waals surface area contributed by atoms with Crippen molar-refractivity contribution in [3.05, 3.63) is 97.7 Å². The molecule has 8 heteroatoms. The Labute approximate surface area is 189 Å². The maximum Gasteiger partial charge on any atom is 0.269 e. The third kappa shape index (κ3) is 3.61. The van der Waals surface area contributed by atoms with Crippen LogP contribution >= 0.6 is 11.8 Å². The van der Waals surface area contributed by atoms with Crippen LogP contribution in [0.4, 0.5) is 5.69 Å². The van der Waals surface area contributed by atoms with Crippen LogP contribution in [-0.4, -0.2) is 21.5 Å². The summed E-state index contributed by atoms with van der Waals surface area (Å²) in [7, 11) is 0. The molecule has 0 radical (unpaired) electrons. The monoisotopic (exact) mass is 445 g/mol. The maximum atomic E-state index is 13.2. The van der Waals surface area contributed by atoms with Crippen LogP contribution in [0.1, 0.15) is 42.6 Å². The number of ketones is 1. The van der Waals surface area contributed by atoms with E-state index in [1.165, 1.54) is 35.7 Å². The van der Waals surface area contributed by atoms with Gasteiger partial charge in [0.2, 0.25) is 5.91 Å². The lowest BCUT2D eigenvalue weighted by molar-refractivity contribution is -0.384. The summed E-state index contributed by atoms with van der Waals surface area (Å²) in [6.07, 6.45) is 0.104. The molecule has 2 heterocycles. The van der Waals surface area contributed by atoms with Gasteiger partial charge >= 0.3 is 0 Å². The zero-order valence-corrected chi connectivity index (χ0v) is 18.3. The molecule has 2 aromatic rings. The van der Waals surface area contributed by atoms with E-state index in [9.17, 15) is 25.0 Å². The van der Waals surface area contributed by atoms with Crippen LogP contribution in [0, 0.1) is 21.4 Å². The molecule has 2 aromatic carbocycles. The zero-order valence-electron chi connectivity index (χ0n) is 17.4. The molecular weight excluding hydrogens is 426 g/mol. The average Bonchev–Trinajstić information content (AvgIpc) is 2.78. The number of thioether (sulfide) groups is 1. The highest BCUT2D eigenvalue weighted by Gasteiger charge is 2.43. The minimum Gasteiger partial charge on any atom is -0.295 e. The molecule has 0 spiro atoms. The van der Waals surface area contributed by atoms with E-state index in [1.807, 2.05) is 30.3 Å². The molecule has 0 bridgehead atoms. The van der Waals surface area contributed by atoms with Gasteiger partial charge in [-0.2, -0.15) is 5.26 Å². The molecule has 7 nitrogen and oxygen atoms in total. The van der Waals surface area contributed by atoms with Gasteiger partial charge in [-0.1, -0.05) is 54.2 Å². The molecule has 1 saturated heterocycles. The second kappa shape index (κ2) is 8.44. The second-order valence-electron chi connectivity index (χ2n) is 7.62. The van der Waals surface area contributed by atoms with Crippen molar-refractivity contribution in [3.63, 3.8) is 0 Å². The molecule has 2 aliphatic heterocycles. The van der Waals surface area contributed by atoms with Gasteiger partial charge < -0.3 is 0 Å². The molecular formula is C24H19N3O4S. The number of rotatable bonds is 4. The van der Waals surface area contributed by atoms with Crippen LogP contribution in [0.3, 0.4) is 0 Å². The fraction of sp³-hybridized carbons (Fsp3) is 0.208. The van der Waals surface area contributed by atoms with E-state index >= 15 is 0 Å². The summed E-state index contributed by atoms with van der Waals surface area (Å²) in [5.41, 5.74) is 2.69. The quantitative estimate of drug-likeness (QED) is 0.485. The number of nitrogens with zero attached hydrogens (tertiary/aromatic N) is 3. The second-order valence-corrected chi connectivity index (χ2v) is 8.81. The lowest BCUT2D eigenvalue weighted by Crippen LogP contribution is -2.38. The first-order chi connectivity index (χ1) is 15.3. The number of non-ortho nitro benzene ring substituents is 1. The number of nitro benzene ring substituents is 1. The molecule has 2 unspecified atom stereocenters. The van der Waals surface area contributed by atoms with Gasteiger partial charge in [0.1, 0.15) is 0 Å². The Balaban J connectivity index is 1.86. The van der Waals surface area contributed by atoms with Crippen molar-refractivity contribution in [2.75, 3.05) is 0 Å². The molecule has 1 amide bonds. The number of fused-ring (bicyclic) bond motifs is 1. The first-order valence-electron chi connectivity index (χ1n) is 9.98. The SMILES string of the molecule is CC(=O)C1=C(C)N2C(=O)CC(c3cccc([N+](=O)[O-])c3)SC2=C(C#N)C1c1ccccc1. The zero-order chi connectivity index (χ0) is 23.0. The number of hydrogen-bond acceptors (Lipinski definition) is 6. The number of benzene rings is 2. The third-order valence-electron chi connectivity index (χ3n) is 5.68. The predicted octanol–water partition coefficient (Wildman–Crippen LogP) is 5.00. The van der Waals surface area contributed by atoms with Crippen molar-refractivity contribution >= 4 is 29.1 Å². The summed E-state index contributed by atoms with van der Waals surface area (Å²) >= 11 is 1.34. The Morgan fingerprint density at radius 3 is 2.50 bits per heavy atom. The summed E-state index contributed by atoms with van der Waals surface area (Å²) in [6.45, 7) is 3.18. The topological polar surface area (TPSA) is 104 Å². The van der Waals surface area contributed by atoms with E-state index in [-0.39, 0.29) is 29.0 Å². The van der Waals surface area contributed by atoms with Crippen LogP contribution in [0.2, 0.25) is 0 Å². The molecule has 160 valence electrons. The number of nitro groups is 1. The smallest absolute Gasteiger partial charge is 0.269 e. The number of amides is 1. The summed E-state index contributed by atoms with van der Waals surface area (Å²) in [5, 5.41) is 21.4. The molecule has 0 aromatic heterocycles. The van der Waals surface area contributed by atoms with Gasteiger partial charge in [-0.25, -0.2) is 0 Å². The normalized spacial score (nSPS) is 20.7. The van der Waals surface area contributed by atoms with Crippen molar-refractivity contribution in [2.24, 2.45) is 0 Å². The largest absolute Gasteiger partial charge is 0.295 e. The van der Waals surface area contributed by atoms with Crippen molar-refractivity contribution in [2.45, 2.75) is 31.4 Å². The summed E-state index contributed by atoms with van der Waals surface area (Å²) in [6, 6.07) is 17.7. The molecule has 1 fully saturated rings. The van der Waals surface area contributed by atoms with E-state index in [1.54, 1.807) is 19.1 Å². The summed E-state index contributed by atoms with van der Waals surface area (Å²) in [5.74, 6) is -1.01. The number of allylic oxidation sites excluding steroid dienone is 3. The van der Waals surface area contributed by atoms with E-state index in [0.717, 1.165) is 5.56 Å². The van der Waals surface area contributed by atoms with Gasteiger partial charge in [0, 0.05) is 35.1 Å². The predicted molar refractivity (Wildman–Crippen MR) is 120 cm³/mol. The van der Waals surface area contributed by atoms with Gasteiger partial charge in [0.05, 0.1) is 27.5 Å². The van der Waals surface area contributed by atoms with E-state index in [4.69, 9.17) is 0 Å². The number of carbonyl (C=O) groups is 2. The third-order valence-corrected chi connectivity index (χ3v) is 7.03. The van der Waals surface area contributed by atoms with Gasteiger partial charge in [-0.3, -0.25) is 24.6 Å². The van der Waals surface area contributed by atoms with E-state index in [0.29, 0.717) is 27.4 Å². The van der Waals surface area contributed by atoms with Crippen LogP contribution in [-0.2, 0) is 9.59 Å². The van der Waals surface area contributed by atoms with Crippen LogP contribution < -0.4 is 0 Å². The Hall–Kier alpha value is -3.70. The van der Waals surface area contributed by atoms with E-state index < -0.39 is 10.8 Å². The van der Waals surface area contributed by atoms with Crippen molar-refractivity contribution in [3.8, 4) is 6.07 Å². The number of hydrogen-bond donors (Lipinski definition) is 0. The Morgan fingerprint density at radius 2 is 1.88 bits per heavy atom. The molecule has 32 heavy (non-hydrogen) atoms. The standard InChI is InChI=1S/C24H19N3O4S/c1-14-22(15(2)28)23(16-7-4-3-5-8-16)19(13-25)24-26(14)21(29)12-20(32-24)17-9-6-10-18(11-17)27(30)31/h3-11,20,23H,12H2,1-2H3. The first kappa shape index (κ1) is 21.5. The Bertz CT molecular complexity index is 1240. The first-order valence-corrected chi connectivity index (χ1v) is 10.9. The molecule has 0 aliphatic carbocycles. The highest BCUT2D eigenvalue weighted by Crippen LogP contribution is 2.52. The van der Waals surface area contributed by atoms with Crippen molar-refractivity contribution in [1.82, 2.24) is 4.90 Å². The highest BCUT2D eigenvalue weighted by atomic mass is 32.2. The number of nitriles is 1. The lowest BCUT2D eigenvalue weighted by Gasteiger charge is -2.40. The van der Waals surface area contributed by atoms with Crippen molar-refractivity contribution < 1.29 is 14.5 Å². The minimum absolute atomic E-state index is 0.0480. The fourth-order valence-corrected chi connectivity index (χ4v) is 5.70. The van der Waals surface area contributed by atoms with Gasteiger partial charge in [0.25, 0.3) is 5.69 Å². The molecule has 0 N–H and O–H groups in total. The maximum absolute atomic E-state index is 13.2. The molecule has 4 rings (SSSR count). The number of Topliss-reactive ketones (excluding diaryl/α,β-unsaturated/α-hetero) is 1. The Morgan fingerprint density at radius 1 is 1.19 bits per heavy atom. The highest BCUT2D eigenvalue weighted by molar-refractivity contribution is 8.03. The van der Waals surface area contributed by atoms with Crippen LogP contribution in [0.5, 0.6) is 0 Å². The molecule has 2 aliphatic rings. The van der Waals surface area contributed by atoms with E-state index in [2.05, 4.69) is 6.07 Å². The fourth-order valence-electron chi connectivity index (χ4n) is 4.29. The Kier molecular flexibility index (Phi) is 5.68. The minimum atomic E-state index is -0.575. The lowest BCUT2D eigenvalue weighted by atomic mass is 9.80. The average molecular weight is 446 g/mol. The van der Waals surface area contributed by atoms with Gasteiger partial charge in [-0.15, -0.1) is 0 Å². The van der Waals surface area contributed by atoms with Gasteiger partial charge in [0.15, 0.2) is 5.78 Å². The molecule has 0 saturated carbocycles. The number of carbonyl (C=O) groups excluding carboxylic acids is 2. The van der Waals surface area contributed by atoms with Crippen LogP contribution in [0.25, 0.3) is 0 Å². The van der Waals surface area contributed by atoms with Crippen LogP contribution in [0.15, 0.2) is 76.5 Å². The summed E-state index contributed by atoms with van der Waals surface area (Å²) in [4.78, 5) is 38.0. The summed E-state index contributed by atoms with van der Waals surface area (Å²) < 4.78 is 0. The molecule has 2 atom stereocenters.